The average molecular weight is 441 g/mol. The molecule has 2 amide bonds. The molecule has 0 saturated heterocycles. The second kappa shape index (κ2) is 13.5. The first kappa shape index (κ1) is 25.4. The molecule has 6 heteroatoms. The number of amides is 2. The maximum absolute atomic E-state index is 12.5. The van der Waals surface area contributed by atoms with Crippen LogP contribution in [-0.2, 0) is 16.0 Å². The molecule has 0 radical (unpaired) electrons. The van der Waals surface area contributed by atoms with Crippen LogP contribution in [0.4, 0.5) is 10.5 Å². The molecule has 0 fully saturated rings. The molecule has 0 bridgehead atoms. The quantitative estimate of drug-likeness (QED) is 0.403. The Morgan fingerprint density at radius 2 is 1.72 bits per heavy atom. The van der Waals surface area contributed by atoms with Crippen molar-refractivity contribution in [3.8, 4) is 11.1 Å². The summed E-state index contributed by atoms with van der Waals surface area (Å²) in [5.74, 6) is -0.953. The molecule has 2 aromatic carbocycles. The van der Waals surface area contributed by atoms with Gasteiger partial charge in [0.15, 0.2) is 6.10 Å². The van der Waals surface area contributed by atoms with Gasteiger partial charge in [-0.15, -0.1) is 0 Å². The van der Waals surface area contributed by atoms with Gasteiger partial charge in [0.1, 0.15) is 0 Å². The van der Waals surface area contributed by atoms with E-state index in [1.165, 1.54) is 19.3 Å². The molecule has 2 N–H and O–H groups in total. The van der Waals surface area contributed by atoms with E-state index < -0.39 is 12.1 Å². The van der Waals surface area contributed by atoms with Crippen molar-refractivity contribution in [2.75, 3.05) is 25.1 Å². The maximum atomic E-state index is 12.5. The van der Waals surface area contributed by atoms with Gasteiger partial charge in [0, 0.05) is 32.3 Å². The van der Waals surface area contributed by atoms with Gasteiger partial charge in [0.25, 0.3) is 0 Å². The average Bonchev–Trinajstić information content (AvgIpc) is 2.81. The van der Waals surface area contributed by atoms with Gasteiger partial charge in [-0.05, 0) is 42.2 Å². The normalized spacial score (nSPS) is 11.7. The third-order valence-corrected chi connectivity index (χ3v) is 5.45. The molecule has 2 aromatic rings. The van der Waals surface area contributed by atoms with E-state index in [2.05, 4.69) is 12.2 Å². The molecule has 0 aliphatic carbocycles. The van der Waals surface area contributed by atoms with Gasteiger partial charge in [0.05, 0.1) is 0 Å². The minimum atomic E-state index is -0.953. The van der Waals surface area contributed by atoms with E-state index in [9.17, 15) is 14.7 Å². The first-order chi connectivity index (χ1) is 15.5. The number of carboxylic acid groups (broad SMARTS) is 1. The summed E-state index contributed by atoms with van der Waals surface area (Å²) < 4.78 is 5.30. The van der Waals surface area contributed by atoms with E-state index in [-0.39, 0.29) is 6.03 Å². The Morgan fingerprint density at radius 1 is 1.00 bits per heavy atom. The van der Waals surface area contributed by atoms with Crippen molar-refractivity contribution in [2.45, 2.75) is 58.5 Å². The van der Waals surface area contributed by atoms with Crippen molar-refractivity contribution in [3.63, 3.8) is 0 Å². The van der Waals surface area contributed by atoms with Gasteiger partial charge in [-0.25, -0.2) is 9.59 Å². The second-order valence-corrected chi connectivity index (χ2v) is 7.94. The molecule has 0 unspecified atom stereocenters. The van der Waals surface area contributed by atoms with Crippen LogP contribution >= 0.6 is 0 Å². The van der Waals surface area contributed by atoms with Crippen molar-refractivity contribution in [2.24, 2.45) is 0 Å². The molecule has 0 spiro atoms. The Morgan fingerprint density at radius 3 is 2.38 bits per heavy atom. The lowest BCUT2D eigenvalue weighted by Gasteiger charge is -2.19. The predicted molar refractivity (Wildman–Crippen MR) is 129 cm³/mol. The van der Waals surface area contributed by atoms with Crippen LogP contribution in [0.1, 0.15) is 51.5 Å². The van der Waals surface area contributed by atoms with Crippen molar-refractivity contribution in [1.82, 2.24) is 5.32 Å². The summed E-state index contributed by atoms with van der Waals surface area (Å²) >= 11 is 0. The summed E-state index contributed by atoms with van der Waals surface area (Å²) in [4.78, 5) is 25.4. The Hall–Kier alpha value is -2.86. The highest BCUT2D eigenvalue weighted by Crippen LogP contribution is 2.25. The number of anilines is 1. The molecule has 2 rings (SSSR count). The Kier molecular flexibility index (Phi) is 10.7. The fourth-order valence-corrected chi connectivity index (χ4v) is 3.52. The van der Waals surface area contributed by atoms with E-state index in [0.29, 0.717) is 19.6 Å². The molecular weight excluding hydrogens is 404 g/mol. The molecule has 0 aliphatic heterocycles. The Bertz CT molecular complexity index is 851. The lowest BCUT2D eigenvalue weighted by molar-refractivity contribution is -0.149. The van der Waals surface area contributed by atoms with Crippen LogP contribution in [0.5, 0.6) is 0 Å². The fourth-order valence-electron chi connectivity index (χ4n) is 3.52. The van der Waals surface area contributed by atoms with Crippen molar-refractivity contribution in [3.05, 3.63) is 54.1 Å². The zero-order valence-corrected chi connectivity index (χ0v) is 19.5. The topological polar surface area (TPSA) is 78.9 Å². The molecule has 0 aromatic heterocycles. The molecule has 0 saturated carbocycles. The van der Waals surface area contributed by atoms with E-state index in [1.54, 1.807) is 18.9 Å². The van der Waals surface area contributed by atoms with Crippen LogP contribution in [0.3, 0.4) is 0 Å². The number of carbonyl (C=O) groups excluding carboxylic acids is 1. The number of urea groups is 1. The molecule has 174 valence electrons. The minimum absolute atomic E-state index is 0.108. The number of ether oxygens (including phenoxy) is 1. The van der Waals surface area contributed by atoms with Crippen LogP contribution in [-0.4, -0.2) is 43.4 Å². The number of benzene rings is 2. The summed E-state index contributed by atoms with van der Waals surface area (Å²) in [6.07, 6.45) is 5.29. The first-order valence-corrected chi connectivity index (χ1v) is 11.5. The highest BCUT2D eigenvalue weighted by molar-refractivity contribution is 5.92. The van der Waals surface area contributed by atoms with Crippen LogP contribution in [0.25, 0.3) is 11.1 Å². The Balaban J connectivity index is 1.98. The largest absolute Gasteiger partial charge is 0.479 e. The lowest BCUT2D eigenvalue weighted by Crippen LogP contribution is -2.37. The highest BCUT2D eigenvalue weighted by atomic mass is 16.5. The van der Waals surface area contributed by atoms with Crippen molar-refractivity contribution < 1.29 is 19.4 Å². The zero-order chi connectivity index (χ0) is 23.3. The molecule has 0 aliphatic rings. The molecule has 1 atom stereocenters. The summed E-state index contributed by atoms with van der Waals surface area (Å²) in [7, 11) is 1.77. The SMILES string of the molecule is CCCCCCCNC(=O)N(C)c1cccc(-c2ccc(C[C@H](OCC)C(=O)O)cc2)c1. The summed E-state index contributed by atoms with van der Waals surface area (Å²) in [6, 6.07) is 15.5. The van der Waals surface area contributed by atoms with E-state index in [1.807, 2.05) is 48.5 Å². The smallest absolute Gasteiger partial charge is 0.333 e. The summed E-state index contributed by atoms with van der Waals surface area (Å²) in [5.41, 5.74) is 3.72. The number of nitrogens with zero attached hydrogens (tertiary/aromatic N) is 1. The third kappa shape index (κ3) is 8.00. The molecular formula is C26H36N2O4. The third-order valence-electron chi connectivity index (χ3n) is 5.45. The molecule has 0 heterocycles. The van der Waals surface area contributed by atoms with Gasteiger partial charge in [-0.2, -0.15) is 0 Å². The van der Waals surface area contributed by atoms with Gasteiger partial charge >= 0.3 is 12.0 Å². The monoisotopic (exact) mass is 440 g/mol. The Labute approximate surface area is 191 Å². The number of aliphatic carboxylic acids is 1. The number of hydrogen-bond donors (Lipinski definition) is 2. The van der Waals surface area contributed by atoms with Crippen molar-refractivity contribution >= 4 is 17.7 Å². The number of hydrogen-bond acceptors (Lipinski definition) is 3. The summed E-state index contributed by atoms with van der Waals surface area (Å²) in [5, 5.41) is 12.3. The highest BCUT2D eigenvalue weighted by Gasteiger charge is 2.18. The molecule has 6 nitrogen and oxygen atoms in total. The van der Waals surface area contributed by atoms with Gasteiger partial charge in [0.2, 0.25) is 0 Å². The fraction of sp³-hybridized carbons (Fsp3) is 0.462. The number of rotatable bonds is 13. The predicted octanol–water partition coefficient (Wildman–Crippen LogP) is 5.50. The van der Waals surface area contributed by atoms with Gasteiger partial charge in [-0.1, -0.05) is 69.0 Å². The first-order valence-electron chi connectivity index (χ1n) is 11.5. The van der Waals surface area contributed by atoms with E-state index in [0.717, 1.165) is 35.2 Å². The zero-order valence-electron chi connectivity index (χ0n) is 19.5. The van der Waals surface area contributed by atoms with Gasteiger partial charge in [-0.3, -0.25) is 4.90 Å². The van der Waals surface area contributed by atoms with Crippen LogP contribution in [0.2, 0.25) is 0 Å². The van der Waals surface area contributed by atoms with Gasteiger partial charge < -0.3 is 15.2 Å². The number of carbonyl (C=O) groups is 2. The lowest BCUT2D eigenvalue weighted by atomic mass is 10.0. The van der Waals surface area contributed by atoms with E-state index >= 15 is 0 Å². The van der Waals surface area contributed by atoms with Crippen molar-refractivity contribution in [1.29, 1.82) is 0 Å². The summed E-state index contributed by atoms with van der Waals surface area (Å²) in [6.45, 7) is 5.03. The number of unbranched alkanes of at least 4 members (excludes halogenated alkanes) is 4. The van der Waals surface area contributed by atoms with Crippen LogP contribution in [0.15, 0.2) is 48.5 Å². The number of nitrogens with one attached hydrogen (secondary N) is 1. The number of carboxylic acids is 1. The second-order valence-electron chi connectivity index (χ2n) is 7.94. The van der Waals surface area contributed by atoms with E-state index in [4.69, 9.17) is 4.74 Å². The van der Waals surface area contributed by atoms with Crippen LogP contribution in [0, 0.1) is 0 Å². The minimum Gasteiger partial charge on any atom is -0.479 e. The maximum Gasteiger partial charge on any atom is 0.333 e. The standard InChI is InChI=1S/C26H36N2O4/c1-4-6-7-8-9-17-27-26(31)28(3)23-12-10-11-22(19-23)21-15-13-20(14-16-21)18-24(25(29)30)32-5-2/h10-16,19,24H,4-9,17-18H2,1-3H3,(H,27,31)(H,29,30)/t24-/m0/s1. The van der Waals surface area contributed by atoms with Crippen LogP contribution < -0.4 is 10.2 Å². The molecule has 32 heavy (non-hydrogen) atoms.